The molecule has 0 atom stereocenters. The van der Waals surface area contributed by atoms with Gasteiger partial charge < -0.3 is 9.64 Å². The smallest absolute Gasteiger partial charge is 0.416 e. The first kappa shape index (κ1) is 26.1. The Bertz CT molecular complexity index is 1380. The van der Waals surface area contributed by atoms with E-state index in [1.165, 1.54) is 58.8 Å². The number of aromatic nitrogens is 1. The fraction of sp³-hybridized carbons (Fsp3) is 0.217. The highest BCUT2D eigenvalue weighted by atomic mass is 32.2. The van der Waals surface area contributed by atoms with Crippen LogP contribution in [-0.2, 0) is 16.2 Å². The Morgan fingerprint density at radius 1 is 1.00 bits per heavy atom. The molecule has 0 spiro atoms. The van der Waals surface area contributed by atoms with E-state index in [2.05, 4.69) is 4.98 Å². The molecular formula is C23H21F4N3O4S. The molecule has 0 aliphatic carbocycles. The number of benzene rings is 2. The number of sulfonamides is 1. The van der Waals surface area contributed by atoms with Gasteiger partial charge in [-0.2, -0.15) is 13.2 Å². The number of carbonyl (C=O) groups excluding carboxylic acids is 1. The lowest BCUT2D eigenvalue weighted by Gasteiger charge is -2.22. The number of amides is 1. The van der Waals surface area contributed by atoms with Gasteiger partial charge in [-0.3, -0.25) is 9.78 Å². The average Bonchev–Trinajstić information content (AvgIpc) is 2.82. The molecule has 0 bridgehead atoms. The highest BCUT2D eigenvalue weighted by molar-refractivity contribution is 7.89. The maximum atomic E-state index is 13.7. The molecule has 3 aromatic rings. The van der Waals surface area contributed by atoms with Gasteiger partial charge in [0.15, 0.2) is 0 Å². The minimum absolute atomic E-state index is 0.164. The summed E-state index contributed by atoms with van der Waals surface area (Å²) < 4.78 is 85.4. The maximum Gasteiger partial charge on any atom is 0.416 e. The zero-order valence-electron chi connectivity index (χ0n) is 19.1. The van der Waals surface area contributed by atoms with Gasteiger partial charge >= 0.3 is 6.18 Å². The van der Waals surface area contributed by atoms with Crippen LogP contribution in [0.25, 0.3) is 11.1 Å². The van der Waals surface area contributed by atoms with Crippen LogP contribution in [0.4, 0.5) is 23.2 Å². The molecule has 12 heteroatoms. The molecule has 1 aromatic heterocycles. The van der Waals surface area contributed by atoms with Crippen molar-refractivity contribution in [1.29, 1.82) is 0 Å². The van der Waals surface area contributed by atoms with E-state index in [-0.39, 0.29) is 11.4 Å². The average molecular weight is 511 g/mol. The van der Waals surface area contributed by atoms with Gasteiger partial charge in [0.05, 0.1) is 29.5 Å². The number of methoxy groups -OCH3 is 1. The molecule has 0 aliphatic rings. The third-order valence-corrected chi connectivity index (χ3v) is 6.97. The Morgan fingerprint density at radius 3 is 2.29 bits per heavy atom. The molecule has 0 saturated carbocycles. The minimum atomic E-state index is -4.90. The Kier molecular flexibility index (Phi) is 7.18. The van der Waals surface area contributed by atoms with E-state index in [0.717, 1.165) is 21.3 Å². The number of carbonyl (C=O) groups is 1. The molecule has 2 aromatic carbocycles. The second-order valence-electron chi connectivity index (χ2n) is 7.63. The minimum Gasteiger partial charge on any atom is -0.496 e. The van der Waals surface area contributed by atoms with Crippen LogP contribution in [0.2, 0.25) is 0 Å². The van der Waals surface area contributed by atoms with E-state index in [0.29, 0.717) is 23.3 Å². The summed E-state index contributed by atoms with van der Waals surface area (Å²) in [6, 6.07) is 7.24. The largest absolute Gasteiger partial charge is 0.496 e. The number of anilines is 1. The summed E-state index contributed by atoms with van der Waals surface area (Å²) in [5.41, 5.74) is -0.809. The summed E-state index contributed by atoms with van der Waals surface area (Å²) in [7, 11) is 0.705. The van der Waals surface area contributed by atoms with Crippen LogP contribution >= 0.6 is 0 Å². The summed E-state index contributed by atoms with van der Waals surface area (Å²) in [5.74, 6) is -1.30. The van der Waals surface area contributed by atoms with Gasteiger partial charge in [0.2, 0.25) is 10.0 Å². The van der Waals surface area contributed by atoms with Gasteiger partial charge in [-0.1, -0.05) is 0 Å². The van der Waals surface area contributed by atoms with Crippen molar-refractivity contribution < 1.29 is 35.5 Å². The molecule has 0 saturated heterocycles. The molecule has 0 N–H and O–H groups in total. The van der Waals surface area contributed by atoms with Gasteiger partial charge in [0.1, 0.15) is 11.6 Å². The van der Waals surface area contributed by atoms with Crippen molar-refractivity contribution in [2.75, 3.05) is 33.2 Å². The number of rotatable bonds is 6. The monoisotopic (exact) mass is 511 g/mol. The van der Waals surface area contributed by atoms with Crippen molar-refractivity contribution in [3.63, 3.8) is 0 Å². The third kappa shape index (κ3) is 5.28. The summed E-state index contributed by atoms with van der Waals surface area (Å²) in [6.07, 6.45) is -2.17. The Morgan fingerprint density at radius 2 is 1.69 bits per heavy atom. The quantitative estimate of drug-likeness (QED) is 0.457. The van der Waals surface area contributed by atoms with E-state index in [4.69, 9.17) is 4.74 Å². The predicted octanol–water partition coefficient (Wildman–Crippen LogP) is 4.44. The third-order valence-electron chi connectivity index (χ3n) is 5.18. The van der Waals surface area contributed by atoms with E-state index in [1.807, 2.05) is 0 Å². The van der Waals surface area contributed by atoms with Gasteiger partial charge in [0, 0.05) is 50.1 Å². The number of hydrogen-bond donors (Lipinski definition) is 0. The highest BCUT2D eigenvalue weighted by Gasteiger charge is 2.34. The summed E-state index contributed by atoms with van der Waals surface area (Å²) in [6.45, 7) is 0. The van der Waals surface area contributed by atoms with Gasteiger partial charge in [0.25, 0.3) is 5.91 Å². The molecular weight excluding hydrogens is 490 g/mol. The van der Waals surface area contributed by atoms with E-state index in [1.54, 1.807) is 0 Å². The Balaban J connectivity index is 2.15. The molecule has 0 unspecified atom stereocenters. The van der Waals surface area contributed by atoms with Crippen molar-refractivity contribution in [2.45, 2.75) is 11.1 Å². The zero-order chi connectivity index (χ0) is 26.1. The van der Waals surface area contributed by atoms with Crippen LogP contribution in [-0.4, -0.2) is 51.9 Å². The lowest BCUT2D eigenvalue weighted by atomic mass is 10.0. The molecule has 7 nitrogen and oxygen atoms in total. The van der Waals surface area contributed by atoms with E-state index >= 15 is 0 Å². The summed E-state index contributed by atoms with van der Waals surface area (Å²) in [5, 5.41) is 0. The molecule has 0 radical (unpaired) electrons. The fourth-order valence-corrected chi connectivity index (χ4v) is 4.29. The summed E-state index contributed by atoms with van der Waals surface area (Å²) in [4.78, 5) is 17.6. The Labute approximate surface area is 199 Å². The molecule has 0 aliphatic heterocycles. The van der Waals surface area contributed by atoms with Crippen molar-refractivity contribution in [2.24, 2.45) is 0 Å². The first-order valence-electron chi connectivity index (χ1n) is 9.98. The zero-order valence-corrected chi connectivity index (χ0v) is 19.9. The molecule has 1 heterocycles. The molecule has 0 fully saturated rings. The molecule has 35 heavy (non-hydrogen) atoms. The van der Waals surface area contributed by atoms with Crippen LogP contribution in [0.3, 0.4) is 0 Å². The SMILES string of the molecule is COc1cc(F)ccc1-c1ccncc1N(C)C(=O)c1cc(C(F)(F)F)cc(S(=O)(=O)N(C)C)c1. The molecule has 186 valence electrons. The number of hydrogen-bond acceptors (Lipinski definition) is 5. The van der Waals surface area contributed by atoms with E-state index in [9.17, 15) is 30.8 Å². The van der Waals surface area contributed by atoms with Crippen molar-refractivity contribution in [3.05, 3.63) is 71.8 Å². The Hall–Kier alpha value is -3.51. The topological polar surface area (TPSA) is 79.8 Å². The molecule has 1 amide bonds. The number of pyridine rings is 1. The maximum absolute atomic E-state index is 13.7. The summed E-state index contributed by atoms with van der Waals surface area (Å²) >= 11 is 0. The lowest BCUT2D eigenvalue weighted by molar-refractivity contribution is -0.137. The number of halogens is 4. The second kappa shape index (κ2) is 9.62. The van der Waals surface area contributed by atoms with Crippen molar-refractivity contribution >= 4 is 21.6 Å². The lowest BCUT2D eigenvalue weighted by Crippen LogP contribution is -2.28. The normalized spacial score (nSPS) is 12.0. The van der Waals surface area contributed by atoms with Crippen LogP contribution in [0.5, 0.6) is 5.75 Å². The standard InChI is InChI=1S/C23H21F4N3O4S/c1-29(2)35(32,33)17-10-14(9-15(11-17)23(25,26)27)22(31)30(3)20-13-28-8-7-18(20)19-6-5-16(24)12-21(19)34-4/h5-13H,1-4H3. The van der Waals surface area contributed by atoms with E-state index < -0.39 is 43.9 Å². The van der Waals surface area contributed by atoms with Crippen LogP contribution in [0.1, 0.15) is 15.9 Å². The van der Waals surface area contributed by atoms with Gasteiger partial charge in [-0.15, -0.1) is 0 Å². The second-order valence-corrected chi connectivity index (χ2v) is 9.78. The first-order valence-corrected chi connectivity index (χ1v) is 11.4. The van der Waals surface area contributed by atoms with Crippen LogP contribution in [0.15, 0.2) is 59.8 Å². The molecule has 3 rings (SSSR count). The number of alkyl halides is 3. The van der Waals surface area contributed by atoms with Crippen LogP contribution in [0, 0.1) is 5.82 Å². The van der Waals surface area contributed by atoms with Gasteiger partial charge in [-0.25, -0.2) is 17.1 Å². The fourth-order valence-electron chi connectivity index (χ4n) is 3.32. The highest BCUT2D eigenvalue weighted by Crippen LogP contribution is 2.37. The van der Waals surface area contributed by atoms with Gasteiger partial charge in [-0.05, 0) is 36.4 Å². The predicted molar refractivity (Wildman–Crippen MR) is 121 cm³/mol. The van der Waals surface area contributed by atoms with Crippen molar-refractivity contribution in [3.8, 4) is 16.9 Å². The number of ether oxygens (including phenoxy) is 1. The number of nitrogens with zero attached hydrogens (tertiary/aromatic N) is 3. The first-order chi connectivity index (χ1) is 16.3. The van der Waals surface area contributed by atoms with Crippen LogP contribution < -0.4 is 9.64 Å². The van der Waals surface area contributed by atoms with Crippen molar-refractivity contribution in [1.82, 2.24) is 9.29 Å².